The summed E-state index contributed by atoms with van der Waals surface area (Å²) in [6.45, 7) is 4.01. The van der Waals surface area contributed by atoms with E-state index in [4.69, 9.17) is 16.3 Å². The highest BCUT2D eigenvalue weighted by atomic mass is 35.5. The highest BCUT2D eigenvalue weighted by Crippen LogP contribution is 2.36. The van der Waals surface area contributed by atoms with E-state index in [2.05, 4.69) is 21.0 Å². The van der Waals surface area contributed by atoms with Gasteiger partial charge in [0, 0.05) is 36.3 Å². The second-order valence-corrected chi connectivity index (χ2v) is 7.26. The first-order valence-electron chi connectivity index (χ1n) is 8.89. The van der Waals surface area contributed by atoms with E-state index in [-0.39, 0.29) is 16.7 Å². The lowest BCUT2D eigenvalue weighted by Gasteiger charge is -2.14. The van der Waals surface area contributed by atoms with E-state index < -0.39 is 5.82 Å². The molecule has 0 fully saturated rings. The Morgan fingerprint density at radius 3 is 2.68 bits per heavy atom. The van der Waals surface area contributed by atoms with Crippen molar-refractivity contribution in [3.8, 4) is 17.0 Å². The average molecular weight is 399 g/mol. The molecular formula is C21H20ClFN4O. The van der Waals surface area contributed by atoms with Crippen molar-refractivity contribution in [3.05, 3.63) is 64.6 Å². The predicted octanol–water partition coefficient (Wildman–Crippen LogP) is 5.22. The minimum Gasteiger partial charge on any atom is -0.494 e. The number of hydrogen-bond donors (Lipinski definition) is 1. The topological polar surface area (TPSA) is 55.7 Å². The maximum atomic E-state index is 14.0. The zero-order valence-electron chi connectivity index (χ0n) is 16.0. The second-order valence-electron chi connectivity index (χ2n) is 6.85. The molecule has 0 radical (unpaired) electrons. The number of aryl methyl sites for hydroxylation is 1. The second kappa shape index (κ2) is 6.95. The molecule has 0 spiro atoms. The van der Waals surface area contributed by atoms with E-state index in [0.29, 0.717) is 0 Å². The molecule has 0 amide bonds. The van der Waals surface area contributed by atoms with Gasteiger partial charge in [0.05, 0.1) is 24.0 Å². The van der Waals surface area contributed by atoms with Gasteiger partial charge >= 0.3 is 0 Å². The lowest BCUT2D eigenvalue weighted by atomic mass is 9.92. The highest BCUT2D eigenvalue weighted by molar-refractivity contribution is 6.31. The van der Waals surface area contributed by atoms with Crippen LogP contribution in [-0.4, -0.2) is 26.6 Å². The van der Waals surface area contributed by atoms with Crippen molar-refractivity contribution in [2.24, 2.45) is 7.05 Å². The summed E-state index contributed by atoms with van der Waals surface area (Å²) < 4.78 is 21.2. The van der Waals surface area contributed by atoms with E-state index in [0.717, 1.165) is 39.2 Å². The molecule has 0 aliphatic carbocycles. The molecule has 144 valence electrons. The monoisotopic (exact) mass is 398 g/mol. The van der Waals surface area contributed by atoms with Gasteiger partial charge in [-0.3, -0.25) is 0 Å². The third-order valence-corrected chi connectivity index (χ3v) is 5.56. The molecule has 0 saturated heterocycles. The third kappa shape index (κ3) is 2.94. The van der Waals surface area contributed by atoms with Gasteiger partial charge in [-0.15, -0.1) is 0 Å². The smallest absolute Gasteiger partial charge is 0.183 e. The largest absolute Gasteiger partial charge is 0.494 e. The quantitative estimate of drug-likeness (QED) is 0.512. The molecule has 1 atom stereocenters. The summed E-state index contributed by atoms with van der Waals surface area (Å²) in [4.78, 5) is 12.1. The Morgan fingerprint density at radius 1 is 1.21 bits per heavy atom. The molecule has 0 saturated carbocycles. The number of H-pyrrole nitrogens is 1. The number of benzene rings is 1. The molecule has 4 rings (SSSR count). The maximum Gasteiger partial charge on any atom is 0.183 e. The third-order valence-electron chi connectivity index (χ3n) is 5.28. The number of aromatic nitrogens is 4. The molecule has 28 heavy (non-hydrogen) atoms. The Morgan fingerprint density at radius 2 is 2.00 bits per heavy atom. The number of aromatic amines is 1. The minimum atomic E-state index is -0.547. The number of halogens is 2. The number of imidazole rings is 1. The molecular weight excluding hydrogens is 379 g/mol. The molecule has 1 aromatic carbocycles. The van der Waals surface area contributed by atoms with Gasteiger partial charge in [-0.2, -0.15) is 0 Å². The van der Waals surface area contributed by atoms with Gasteiger partial charge in [0.1, 0.15) is 11.5 Å². The van der Waals surface area contributed by atoms with E-state index >= 15 is 0 Å². The van der Waals surface area contributed by atoms with Gasteiger partial charge < -0.3 is 14.3 Å². The van der Waals surface area contributed by atoms with Gasteiger partial charge in [0.25, 0.3) is 0 Å². The average Bonchev–Trinajstić information content (AvgIpc) is 3.26. The SMILES string of the molecule is COc1cc([C@H](C)c2c[nH]c3ncc(-c4cnc(C)n4C)cc23)cc(Cl)c1F. The molecule has 0 bridgehead atoms. The van der Waals surface area contributed by atoms with Crippen molar-refractivity contribution in [3.63, 3.8) is 0 Å². The van der Waals surface area contributed by atoms with Crippen molar-refractivity contribution < 1.29 is 9.13 Å². The zero-order valence-corrected chi connectivity index (χ0v) is 16.8. The van der Waals surface area contributed by atoms with E-state index in [1.165, 1.54) is 7.11 Å². The van der Waals surface area contributed by atoms with Gasteiger partial charge in [0.2, 0.25) is 0 Å². The fourth-order valence-corrected chi connectivity index (χ4v) is 3.67. The van der Waals surface area contributed by atoms with Gasteiger partial charge in [0.15, 0.2) is 11.6 Å². The van der Waals surface area contributed by atoms with Crippen molar-refractivity contribution in [2.45, 2.75) is 19.8 Å². The molecule has 3 heterocycles. The van der Waals surface area contributed by atoms with Crippen molar-refractivity contribution in [1.82, 2.24) is 19.5 Å². The normalized spacial score (nSPS) is 12.5. The molecule has 5 nitrogen and oxygen atoms in total. The van der Waals surface area contributed by atoms with E-state index in [9.17, 15) is 4.39 Å². The summed E-state index contributed by atoms with van der Waals surface area (Å²) in [5, 5.41) is 1.05. The summed E-state index contributed by atoms with van der Waals surface area (Å²) in [5.74, 6) is 0.491. The first kappa shape index (κ1) is 18.5. The van der Waals surface area contributed by atoms with Crippen molar-refractivity contribution >= 4 is 22.6 Å². The maximum absolute atomic E-state index is 14.0. The van der Waals surface area contributed by atoms with Crippen LogP contribution >= 0.6 is 11.6 Å². The van der Waals surface area contributed by atoms with Crippen LogP contribution in [-0.2, 0) is 7.05 Å². The summed E-state index contributed by atoms with van der Waals surface area (Å²) in [6.07, 6.45) is 5.62. The van der Waals surface area contributed by atoms with Crippen LogP contribution in [0, 0.1) is 12.7 Å². The zero-order chi connectivity index (χ0) is 20.0. The molecule has 7 heteroatoms. The Labute approximate surface area is 167 Å². The van der Waals surface area contributed by atoms with Crippen LogP contribution in [0.2, 0.25) is 5.02 Å². The van der Waals surface area contributed by atoms with Gasteiger partial charge in [-0.05, 0) is 36.2 Å². The molecule has 3 aromatic heterocycles. The Kier molecular flexibility index (Phi) is 4.59. The van der Waals surface area contributed by atoms with Crippen LogP contribution in [0.1, 0.15) is 29.8 Å². The van der Waals surface area contributed by atoms with Crippen LogP contribution < -0.4 is 4.74 Å². The molecule has 0 unspecified atom stereocenters. The molecule has 1 N–H and O–H groups in total. The number of nitrogens with zero attached hydrogens (tertiary/aromatic N) is 3. The van der Waals surface area contributed by atoms with Crippen LogP contribution in [0.5, 0.6) is 5.75 Å². The van der Waals surface area contributed by atoms with Crippen LogP contribution in [0.4, 0.5) is 4.39 Å². The molecule has 0 aliphatic rings. The Balaban J connectivity index is 1.82. The summed E-state index contributed by atoms with van der Waals surface area (Å²) in [7, 11) is 3.41. The fourth-order valence-electron chi connectivity index (χ4n) is 3.45. The summed E-state index contributed by atoms with van der Waals surface area (Å²) in [6, 6.07) is 5.43. The number of ether oxygens (including phenoxy) is 1. The van der Waals surface area contributed by atoms with Crippen LogP contribution in [0.3, 0.4) is 0 Å². The van der Waals surface area contributed by atoms with E-state index in [1.54, 1.807) is 12.1 Å². The number of rotatable bonds is 4. The number of methoxy groups -OCH3 is 1. The first-order chi connectivity index (χ1) is 13.4. The standard InChI is InChI=1S/C21H20ClFN4O/c1-11(13-6-17(22)20(23)19(7-13)28-4)16-9-26-21-15(16)5-14(8-25-21)18-10-24-12(2)27(18)3/h5-11H,1-4H3,(H,25,26)/t11-/m0/s1. The fraction of sp³-hybridized carbons (Fsp3) is 0.238. The van der Waals surface area contributed by atoms with Crippen LogP contribution in [0.25, 0.3) is 22.3 Å². The van der Waals surface area contributed by atoms with Gasteiger partial charge in [-0.1, -0.05) is 18.5 Å². The van der Waals surface area contributed by atoms with Crippen LogP contribution in [0.15, 0.2) is 36.8 Å². The number of fused-ring (bicyclic) bond motifs is 1. The van der Waals surface area contributed by atoms with Crippen molar-refractivity contribution in [2.75, 3.05) is 7.11 Å². The van der Waals surface area contributed by atoms with E-state index in [1.807, 2.05) is 44.1 Å². The summed E-state index contributed by atoms with van der Waals surface area (Å²) >= 11 is 6.06. The highest BCUT2D eigenvalue weighted by Gasteiger charge is 2.19. The lowest BCUT2D eigenvalue weighted by Crippen LogP contribution is -1.99. The number of nitrogens with one attached hydrogen (secondary N) is 1. The van der Waals surface area contributed by atoms with Crippen molar-refractivity contribution in [1.29, 1.82) is 0 Å². The molecule has 0 aliphatic heterocycles. The summed E-state index contributed by atoms with van der Waals surface area (Å²) in [5.41, 5.74) is 4.69. The minimum absolute atomic E-state index is 0.0360. The number of pyridine rings is 1. The Hall–Kier alpha value is -2.86. The first-order valence-corrected chi connectivity index (χ1v) is 9.27. The Bertz CT molecular complexity index is 1180. The lowest BCUT2D eigenvalue weighted by molar-refractivity contribution is 0.386. The number of hydrogen-bond acceptors (Lipinski definition) is 3. The van der Waals surface area contributed by atoms with Gasteiger partial charge in [-0.25, -0.2) is 14.4 Å². The molecule has 4 aromatic rings. The predicted molar refractivity (Wildman–Crippen MR) is 109 cm³/mol.